The topological polar surface area (TPSA) is 105 Å². The lowest BCUT2D eigenvalue weighted by molar-refractivity contribution is -0.140. The van der Waals surface area contributed by atoms with Gasteiger partial charge in [0, 0.05) is 34.8 Å². The average Bonchev–Trinajstić information content (AvgIpc) is 2.99. The predicted molar refractivity (Wildman–Crippen MR) is 169 cm³/mol. The molecule has 0 fully saturated rings. The van der Waals surface area contributed by atoms with E-state index in [-0.39, 0.29) is 45.3 Å². The number of anilines is 1. The van der Waals surface area contributed by atoms with Crippen molar-refractivity contribution in [2.24, 2.45) is 5.92 Å². The lowest BCUT2D eigenvalue weighted by Crippen LogP contribution is -2.52. The van der Waals surface area contributed by atoms with Crippen LogP contribution in [0.2, 0.25) is 10.0 Å². The first-order valence-corrected chi connectivity index (χ1v) is 16.0. The summed E-state index contributed by atoms with van der Waals surface area (Å²) in [6, 6.07) is 12.6. The van der Waals surface area contributed by atoms with E-state index in [0.29, 0.717) is 17.9 Å². The number of amides is 2. The van der Waals surface area contributed by atoms with Crippen LogP contribution in [0, 0.1) is 11.7 Å². The molecule has 13 heteroatoms. The van der Waals surface area contributed by atoms with Gasteiger partial charge in [-0.3, -0.25) is 13.9 Å². The molecular formula is C31H36Cl2FN3O6S. The van der Waals surface area contributed by atoms with Gasteiger partial charge in [-0.05, 0) is 60.9 Å². The summed E-state index contributed by atoms with van der Waals surface area (Å²) in [6.45, 7) is 5.10. The Morgan fingerprint density at radius 2 is 1.57 bits per heavy atom. The molecule has 3 aromatic carbocycles. The molecule has 3 aromatic rings. The molecule has 0 aromatic heterocycles. The van der Waals surface area contributed by atoms with Crippen LogP contribution in [0.25, 0.3) is 0 Å². The average molecular weight is 669 g/mol. The molecule has 0 aliphatic carbocycles. The van der Waals surface area contributed by atoms with E-state index in [0.717, 1.165) is 16.4 Å². The minimum Gasteiger partial charge on any atom is -0.493 e. The van der Waals surface area contributed by atoms with Crippen molar-refractivity contribution >= 4 is 50.7 Å². The largest absolute Gasteiger partial charge is 0.493 e. The van der Waals surface area contributed by atoms with E-state index in [1.165, 1.54) is 49.5 Å². The van der Waals surface area contributed by atoms with Gasteiger partial charge in [-0.15, -0.1) is 0 Å². The number of halogens is 3. The Hall–Kier alpha value is -3.54. The van der Waals surface area contributed by atoms with Crippen LogP contribution in [0.5, 0.6) is 11.5 Å². The number of sulfonamides is 1. The van der Waals surface area contributed by atoms with Crippen molar-refractivity contribution in [1.82, 2.24) is 10.2 Å². The molecule has 0 spiro atoms. The Morgan fingerprint density at radius 3 is 2.11 bits per heavy atom. The molecule has 0 heterocycles. The monoisotopic (exact) mass is 667 g/mol. The molecule has 0 saturated carbocycles. The van der Waals surface area contributed by atoms with Crippen LogP contribution in [0.15, 0.2) is 65.6 Å². The third-order valence-electron chi connectivity index (χ3n) is 6.80. The zero-order valence-electron chi connectivity index (χ0n) is 25.1. The Balaban J connectivity index is 2.12. The molecule has 3 rings (SSSR count). The number of methoxy groups -OCH3 is 2. The maximum absolute atomic E-state index is 14.2. The summed E-state index contributed by atoms with van der Waals surface area (Å²) in [5.74, 6) is -1.10. The molecule has 0 unspecified atom stereocenters. The van der Waals surface area contributed by atoms with Gasteiger partial charge in [0.25, 0.3) is 10.0 Å². The minimum absolute atomic E-state index is 0.0302. The number of carbonyl (C=O) groups excluding carboxylic acids is 2. The Kier molecular flexibility index (Phi) is 12.3. The van der Waals surface area contributed by atoms with Gasteiger partial charge in [0.2, 0.25) is 11.8 Å². The summed E-state index contributed by atoms with van der Waals surface area (Å²) >= 11 is 12.9. The normalized spacial score (nSPS) is 12.0. The van der Waals surface area contributed by atoms with Crippen molar-refractivity contribution in [1.29, 1.82) is 0 Å². The third-order valence-corrected chi connectivity index (χ3v) is 9.28. The first-order valence-electron chi connectivity index (χ1n) is 13.8. The molecule has 1 atom stereocenters. The van der Waals surface area contributed by atoms with Crippen molar-refractivity contribution in [2.75, 3.05) is 31.6 Å². The van der Waals surface area contributed by atoms with E-state index in [2.05, 4.69) is 5.32 Å². The van der Waals surface area contributed by atoms with Crippen LogP contribution in [0.3, 0.4) is 0 Å². The van der Waals surface area contributed by atoms with Crippen molar-refractivity contribution in [3.05, 3.63) is 82.1 Å². The molecular weight excluding hydrogens is 632 g/mol. The van der Waals surface area contributed by atoms with Gasteiger partial charge in [0.05, 0.1) is 24.8 Å². The van der Waals surface area contributed by atoms with E-state index >= 15 is 0 Å². The summed E-state index contributed by atoms with van der Waals surface area (Å²) in [6.07, 6.45) is 0.219. The third kappa shape index (κ3) is 8.34. The van der Waals surface area contributed by atoms with Crippen LogP contribution >= 0.6 is 23.2 Å². The fourth-order valence-electron chi connectivity index (χ4n) is 4.44. The molecule has 9 nitrogen and oxygen atoms in total. The van der Waals surface area contributed by atoms with Crippen molar-refractivity contribution in [3.63, 3.8) is 0 Å². The first kappa shape index (κ1) is 34.9. The molecule has 2 amide bonds. The highest BCUT2D eigenvalue weighted by Gasteiger charge is 2.34. The van der Waals surface area contributed by atoms with Gasteiger partial charge in [-0.25, -0.2) is 12.8 Å². The number of rotatable bonds is 14. The second-order valence-electron chi connectivity index (χ2n) is 10.3. The molecule has 0 aliphatic heterocycles. The summed E-state index contributed by atoms with van der Waals surface area (Å²) in [5, 5.41) is 3.41. The Labute approximate surface area is 267 Å². The second-order valence-corrected chi connectivity index (χ2v) is 13.0. The van der Waals surface area contributed by atoms with Crippen molar-refractivity contribution in [3.8, 4) is 11.5 Å². The maximum Gasteiger partial charge on any atom is 0.264 e. The lowest BCUT2D eigenvalue weighted by Gasteiger charge is -2.33. The molecule has 1 N–H and O–H groups in total. The van der Waals surface area contributed by atoms with Gasteiger partial charge >= 0.3 is 0 Å². The van der Waals surface area contributed by atoms with Crippen molar-refractivity contribution < 1.29 is 31.9 Å². The Bertz CT molecular complexity index is 1550. The van der Waals surface area contributed by atoms with Gasteiger partial charge in [-0.1, -0.05) is 50.0 Å². The van der Waals surface area contributed by atoms with Gasteiger partial charge in [0.15, 0.2) is 11.5 Å². The number of nitrogens with one attached hydrogen (secondary N) is 1. The molecule has 238 valence electrons. The zero-order chi connectivity index (χ0) is 32.6. The van der Waals surface area contributed by atoms with E-state index in [9.17, 15) is 22.4 Å². The SMILES string of the molecule is CC[C@@H](C(=O)NCC(C)C)N(Cc1c(Cl)cccc1Cl)C(=O)CN(c1ccc(F)cc1)S(=O)(=O)c1ccc(OC)c(OC)c1. The second kappa shape index (κ2) is 15.5. The fraction of sp³-hybridized carbons (Fsp3) is 0.355. The predicted octanol–water partition coefficient (Wildman–Crippen LogP) is 5.92. The Morgan fingerprint density at radius 1 is 0.955 bits per heavy atom. The zero-order valence-corrected chi connectivity index (χ0v) is 27.5. The molecule has 0 aliphatic rings. The number of nitrogens with zero attached hydrogens (tertiary/aromatic N) is 2. The smallest absolute Gasteiger partial charge is 0.264 e. The first-order chi connectivity index (χ1) is 20.8. The van der Waals surface area contributed by atoms with Gasteiger partial charge in [-0.2, -0.15) is 0 Å². The van der Waals surface area contributed by atoms with Crippen LogP contribution in [-0.4, -0.2) is 58.5 Å². The van der Waals surface area contributed by atoms with E-state index < -0.39 is 40.2 Å². The number of benzene rings is 3. The summed E-state index contributed by atoms with van der Waals surface area (Å²) < 4.78 is 53.5. The highest BCUT2D eigenvalue weighted by molar-refractivity contribution is 7.92. The molecule has 0 saturated heterocycles. The summed E-state index contributed by atoms with van der Waals surface area (Å²) in [4.78, 5) is 28.6. The maximum atomic E-state index is 14.2. The van der Waals surface area contributed by atoms with Crippen LogP contribution in [-0.2, 0) is 26.2 Å². The van der Waals surface area contributed by atoms with Crippen LogP contribution in [0.4, 0.5) is 10.1 Å². The van der Waals surface area contributed by atoms with E-state index in [4.69, 9.17) is 32.7 Å². The number of hydrogen-bond donors (Lipinski definition) is 1. The quantitative estimate of drug-likeness (QED) is 0.229. The van der Waals surface area contributed by atoms with Gasteiger partial charge < -0.3 is 19.7 Å². The number of hydrogen-bond acceptors (Lipinski definition) is 6. The van der Waals surface area contributed by atoms with Crippen LogP contribution in [0.1, 0.15) is 32.8 Å². The standard InChI is InChI=1S/C31H36Cl2FN3O6S/c1-6-27(31(39)35-17-20(2)3)36(18-24-25(32)8-7-9-26(24)33)30(38)19-37(22-12-10-21(34)11-13-22)44(40,41)23-14-15-28(42-4)29(16-23)43-5/h7-16,20,27H,6,17-19H2,1-5H3,(H,35,39)/t27-/m0/s1. The number of carbonyl (C=O) groups is 2. The van der Waals surface area contributed by atoms with E-state index in [1.54, 1.807) is 25.1 Å². The van der Waals surface area contributed by atoms with E-state index in [1.807, 2.05) is 13.8 Å². The highest BCUT2D eigenvalue weighted by Crippen LogP contribution is 2.33. The summed E-state index contributed by atoms with van der Waals surface area (Å²) in [7, 11) is -1.66. The number of ether oxygens (including phenoxy) is 2. The summed E-state index contributed by atoms with van der Waals surface area (Å²) in [5.41, 5.74) is 0.429. The van der Waals surface area contributed by atoms with Crippen molar-refractivity contribution in [2.45, 2.75) is 44.7 Å². The van der Waals surface area contributed by atoms with Crippen LogP contribution < -0.4 is 19.1 Å². The highest BCUT2D eigenvalue weighted by atomic mass is 35.5. The minimum atomic E-state index is -4.44. The fourth-order valence-corrected chi connectivity index (χ4v) is 6.38. The molecule has 0 bridgehead atoms. The molecule has 44 heavy (non-hydrogen) atoms. The van der Waals surface area contributed by atoms with Gasteiger partial charge in [0.1, 0.15) is 18.4 Å². The molecule has 0 radical (unpaired) electrons. The lowest BCUT2D eigenvalue weighted by atomic mass is 10.1.